The van der Waals surface area contributed by atoms with Crippen LogP contribution in [0.25, 0.3) is 11.4 Å². The minimum absolute atomic E-state index is 0.0802. The molecule has 1 aliphatic rings. The fourth-order valence-electron chi connectivity index (χ4n) is 3.61. The summed E-state index contributed by atoms with van der Waals surface area (Å²) in [5.74, 6) is 1.51. The molecular weight excluding hydrogens is 462 g/mol. The van der Waals surface area contributed by atoms with E-state index in [1.54, 1.807) is 19.2 Å². The van der Waals surface area contributed by atoms with Crippen molar-refractivity contribution in [1.29, 1.82) is 0 Å². The van der Waals surface area contributed by atoms with Gasteiger partial charge in [0.2, 0.25) is 0 Å². The third-order valence-electron chi connectivity index (χ3n) is 5.41. The minimum Gasteiger partial charge on any atom is -0.497 e. The first-order chi connectivity index (χ1) is 15.8. The molecule has 0 unspecified atom stereocenters. The maximum Gasteiger partial charge on any atom is 0.192 e. The van der Waals surface area contributed by atoms with Crippen molar-refractivity contribution < 1.29 is 22.7 Å². The number of thioether (sulfide) groups is 1. The fraction of sp³-hybridized carbons (Fsp3) is 0.348. The lowest BCUT2D eigenvalue weighted by atomic mass is 10.1. The average Bonchev–Trinajstić information content (AvgIpc) is 3.47. The highest BCUT2D eigenvalue weighted by Gasteiger charge is 2.22. The molecule has 10 heteroatoms. The van der Waals surface area contributed by atoms with E-state index < -0.39 is 9.84 Å². The Morgan fingerprint density at radius 2 is 1.88 bits per heavy atom. The summed E-state index contributed by atoms with van der Waals surface area (Å²) in [4.78, 5) is 12.9. The van der Waals surface area contributed by atoms with Gasteiger partial charge in [-0.1, -0.05) is 23.9 Å². The zero-order chi connectivity index (χ0) is 23.4. The molecule has 174 valence electrons. The van der Waals surface area contributed by atoms with Gasteiger partial charge in [0.25, 0.3) is 0 Å². The second-order valence-electron chi connectivity index (χ2n) is 7.79. The third kappa shape index (κ3) is 5.63. The normalized spacial score (nSPS) is 16.1. The number of methoxy groups -OCH3 is 1. The minimum atomic E-state index is -3.30. The number of ketones is 1. The first-order valence-corrected chi connectivity index (χ1v) is 13.4. The van der Waals surface area contributed by atoms with E-state index in [1.807, 2.05) is 28.8 Å². The van der Waals surface area contributed by atoms with E-state index in [2.05, 4.69) is 10.2 Å². The van der Waals surface area contributed by atoms with Gasteiger partial charge in [-0.3, -0.25) is 9.36 Å². The van der Waals surface area contributed by atoms with E-state index >= 15 is 0 Å². The number of carbonyl (C=O) groups is 1. The Bertz CT molecular complexity index is 1220. The maximum atomic E-state index is 12.7. The summed E-state index contributed by atoms with van der Waals surface area (Å²) in [6.45, 7) is 1.35. The number of nitrogens with zero attached hydrogens (tertiary/aromatic N) is 3. The second kappa shape index (κ2) is 10.1. The van der Waals surface area contributed by atoms with Crippen molar-refractivity contribution in [3.05, 3.63) is 54.1 Å². The van der Waals surface area contributed by atoms with Crippen LogP contribution in [0.4, 0.5) is 0 Å². The lowest BCUT2D eigenvalue weighted by Gasteiger charge is -2.15. The van der Waals surface area contributed by atoms with Gasteiger partial charge in [-0.2, -0.15) is 0 Å². The van der Waals surface area contributed by atoms with Gasteiger partial charge in [-0.05, 0) is 49.2 Å². The predicted octanol–water partition coefficient (Wildman–Crippen LogP) is 3.51. The van der Waals surface area contributed by atoms with Crippen LogP contribution in [0.5, 0.6) is 5.75 Å². The molecule has 2 aromatic carbocycles. The van der Waals surface area contributed by atoms with Gasteiger partial charge >= 0.3 is 0 Å². The van der Waals surface area contributed by atoms with Gasteiger partial charge in [0.1, 0.15) is 5.75 Å². The van der Waals surface area contributed by atoms with Crippen LogP contribution in [0.1, 0.15) is 23.2 Å². The third-order valence-corrected chi connectivity index (χ3v) is 7.51. The van der Waals surface area contributed by atoms with Gasteiger partial charge < -0.3 is 9.47 Å². The van der Waals surface area contributed by atoms with E-state index in [0.29, 0.717) is 23.1 Å². The van der Waals surface area contributed by atoms with E-state index in [1.165, 1.54) is 23.9 Å². The Morgan fingerprint density at radius 3 is 2.48 bits per heavy atom. The van der Waals surface area contributed by atoms with Crippen LogP contribution >= 0.6 is 11.8 Å². The summed E-state index contributed by atoms with van der Waals surface area (Å²) in [5.41, 5.74) is 1.35. The van der Waals surface area contributed by atoms with Crippen LogP contribution in [-0.4, -0.2) is 60.8 Å². The van der Waals surface area contributed by atoms with E-state index in [4.69, 9.17) is 9.47 Å². The van der Waals surface area contributed by atoms with Crippen LogP contribution in [0, 0.1) is 0 Å². The zero-order valence-electron chi connectivity index (χ0n) is 18.4. The topological polar surface area (TPSA) is 100 Å². The molecule has 0 radical (unpaired) electrons. The molecule has 1 saturated heterocycles. The number of benzene rings is 2. The van der Waals surface area contributed by atoms with Crippen LogP contribution in [0.2, 0.25) is 0 Å². The van der Waals surface area contributed by atoms with Crippen LogP contribution in [0.3, 0.4) is 0 Å². The van der Waals surface area contributed by atoms with Crippen LogP contribution < -0.4 is 4.74 Å². The number of rotatable bonds is 9. The largest absolute Gasteiger partial charge is 0.497 e. The second-order valence-corrected chi connectivity index (χ2v) is 10.7. The number of sulfone groups is 1. The van der Waals surface area contributed by atoms with Crippen molar-refractivity contribution >= 4 is 27.4 Å². The van der Waals surface area contributed by atoms with E-state index in [0.717, 1.165) is 37.0 Å². The molecular formula is C23H25N3O5S2. The molecule has 3 aromatic rings. The quantitative estimate of drug-likeness (QED) is 0.334. The Balaban J connectivity index is 1.53. The molecule has 0 bridgehead atoms. The highest BCUT2D eigenvalue weighted by Crippen LogP contribution is 2.28. The number of ether oxygens (including phenoxy) is 2. The zero-order valence-corrected chi connectivity index (χ0v) is 20.1. The van der Waals surface area contributed by atoms with Crippen molar-refractivity contribution in [1.82, 2.24) is 14.8 Å². The molecule has 1 aromatic heterocycles. The molecule has 0 aliphatic carbocycles. The molecule has 8 nitrogen and oxygen atoms in total. The Hall–Kier alpha value is -2.69. The van der Waals surface area contributed by atoms with E-state index in [-0.39, 0.29) is 22.5 Å². The van der Waals surface area contributed by atoms with Gasteiger partial charge in [0.05, 0.1) is 30.4 Å². The molecule has 0 N–H and O–H groups in total. The predicted molar refractivity (Wildman–Crippen MR) is 126 cm³/mol. The molecule has 1 aliphatic heterocycles. The number of carbonyl (C=O) groups excluding carboxylic acids is 1. The van der Waals surface area contributed by atoms with E-state index in [9.17, 15) is 13.2 Å². The van der Waals surface area contributed by atoms with Crippen molar-refractivity contribution in [2.45, 2.75) is 35.5 Å². The van der Waals surface area contributed by atoms with Gasteiger partial charge in [-0.15, -0.1) is 10.2 Å². The lowest BCUT2D eigenvalue weighted by Crippen LogP contribution is -2.17. The molecule has 0 saturated carbocycles. The molecule has 0 spiro atoms. The highest BCUT2D eigenvalue weighted by molar-refractivity contribution is 7.99. The molecule has 1 atom stereocenters. The highest BCUT2D eigenvalue weighted by atomic mass is 32.2. The number of hydrogen-bond acceptors (Lipinski definition) is 8. The SMILES string of the molecule is COc1ccc(-c2nnc(SCC(=O)c3ccc(S(C)(=O)=O)cc3)n2C[C@@H]2CCCO2)cc1. The summed E-state index contributed by atoms with van der Waals surface area (Å²) >= 11 is 1.31. The molecule has 4 rings (SSSR count). The van der Waals surface area contributed by atoms with Crippen molar-refractivity contribution in [2.75, 3.05) is 25.7 Å². The first-order valence-electron chi connectivity index (χ1n) is 10.5. The monoisotopic (exact) mass is 487 g/mol. The van der Waals surface area contributed by atoms with Crippen molar-refractivity contribution in [3.63, 3.8) is 0 Å². The smallest absolute Gasteiger partial charge is 0.192 e. The number of Topliss-reactive ketones (excluding diaryl/α,β-unsaturated/α-hetero) is 1. The standard InChI is InChI=1S/C23H25N3O5S2/c1-30-18-9-5-17(6-10-18)22-24-25-23(26(22)14-19-4-3-13-31-19)32-15-21(27)16-7-11-20(12-8-16)33(2,28)29/h5-12,19H,3-4,13-15H2,1-2H3/t19-/m0/s1. The summed E-state index contributed by atoms with van der Waals surface area (Å²) in [6, 6.07) is 13.6. The Labute approximate surface area is 197 Å². The Morgan fingerprint density at radius 1 is 1.15 bits per heavy atom. The maximum absolute atomic E-state index is 12.7. The summed E-state index contributed by atoms with van der Waals surface area (Å²) in [6.07, 6.45) is 3.21. The van der Waals surface area contributed by atoms with Gasteiger partial charge in [0.15, 0.2) is 26.6 Å². The fourth-order valence-corrected chi connectivity index (χ4v) is 5.08. The summed E-state index contributed by atoms with van der Waals surface area (Å²) in [7, 11) is -1.68. The van der Waals surface area contributed by atoms with Crippen LogP contribution in [0.15, 0.2) is 58.6 Å². The summed E-state index contributed by atoms with van der Waals surface area (Å²) in [5, 5.41) is 9.37. The molecule has 1 fully saturated rings. The first kappa shape index (κ1) is 23.5. The van der Waals surface area contributed by atoms with Gasteiger partial charge in [0, 0.05) is 24.0 Å². The summed E-state index contributed by atoms with van der Waals surface area (Å²) < 4.78 is 36.3. The van der Waals surface area contributed by atoms with Crippen molar-refractivity contribution in [2.24, 2.45) is 0 Å². The molecule has 0 amide bonds. The molecule has 2 heterocycles. The number of aromatic nitrogens is 3. The molecule has 33 heavy (non-hydrogen) atoms. The lowest BCUT2D eigenvalue weighted by molar-refractivity contribution is 0.0953. The Kier molecular flexibility index (Phi) is 7.16. The van der Waals surface area contributed by atoms with Crippen LogP contribution in [-0.2, 0) is 21.1 Å². The van der Waals surface area contributed by atoms with Gasteiger partial charge in [-0.25, -0.2) is 8.42 Å². The average molecular weight is 488 g/mol. The number of hydrogen-bond donors (Lipinski definition) is 0. The van der Waals surface area contributed by atoms with Crippen molar-refractivity contribution in [3.8, 4) is 17.1 Å².